The van der Waals surface area contributed by atoms with Gasteiger partial charge in [0.1, 0.15) is 29.7 Å². The average Bonchev–Trinajstić information content (AvgIpc) is 2.92. The van der Waals surface area contributed by atoms with Gasteiger partial charge in [0.05, 0.1) is 5.56 Å². The first-order valence-corrected chi connectivity index (χ1v) is 10.5. The van der Waals surface area contributed by atoms with Gasteiger partial charge in [0.25, 0.3) is 0 Å². The van der Waals surface area contributed by atoms with Crippen LogP contribution in [0.15, 0.2) is 65.7 Å². The maximum absolute atomic E-state index is 14.0. The van der Waals surface area contributed by atoms with Crippen molar-refractivity contribution in [1.29, 1.82) is 0 Å². The van der Waals surface area contributed by atoms with Gasteiger partial charge in [-0.1, -0.05) is 30.3 Å². The molecule has 0 fully saturated rings. The number of para-hydroxylation sites is 1. The Morgan fingerprint density at radius 3 is 2.56 bits per heavy atom. The van der Waals surface area contributed by atoms with E-state index in [1.807, 2.05) is 43.3 Å². The van der Waals surface area contributed by atoms with Crippen molar-refractivity contribution in [3.8, 4) is 5.75 Å². The van der Waals surface area contributed by atoms with Gasteiger partial charge < -0.3 is 10.1 Å². The van der Waals surface area contributed by atoms with Crippen molar-refractivity contribution in [3.63, 3.8) is 0 Å². The Labute approximate surface area is 186 Å². The maximum Gasteiger partial charge on any atom is 0.221 e. The number of anilines is 1. The molecular weight excluding hydrogens is 410 g/mol. The number of hydrogen-bond donors (Lipinski definition) is 1. The molecule has 0 bridgehead atoms. The number of ether oxygens (including phenoxy) is 1. The number of aryl methyl sites for hydroxylation is 1. The number of carbonyl (C=O) groups excluding carboxylic acids is 1. The summed E-state index contributed by atoms with van der Waals surface area (Å²) in [6.45, 7) is 3.24. The fraction of sp³-hybridized carbons (Fsp3) is 0.231. The van der Waals surface area contributed by atoms with E-state index < -0.39 is 11.6 Å². The highest BCUT2D eigenvalue weighted by molar-refractivity contribution is 5.93. The molecule has 3 aromatic carbocycles. The molecule has 1 heterocycles. The van der Waals surface area contributed by atoms with Crippen LogP contribution in [0.2, 0.25) is 0 Å². The summed E-state index contributed by atoms with van der Waals surface area (Å²) in [6.07, 6.45) is 1.62. The molecule has 4 rings (SSSR count). The number of nitrogens with one attached hydrogen (secondary N) is 1. The number of halogens is 2. The molecule has 1 unspecified atom stereocenters. The van der Waals surface area contributed by atoms with Gasteiger partial charge in [-0.3, -0.25) is 9.79 Å². The van der Waals surface area contributed by atoms with Crippen LogP contribution < -0.4 is 10.1 Å². The van der Waals surface area contributed by atoms with Crippen molar-refractivity contribution in [3.05, 3.63) is 89.0 Å². The molecule has 4 nitrogen and oxygen atoms in total. The number of nitrogens with zero attached hydrogens (tertiary/aromatic N) is 1. The quantitative estimate of drug-likeness (QED) is 0.511. The average molecular weight is 434 g/mol. The standard InChI is InChI=1S/C26H24F2N2O2/c1-16-21(19-7-3-8-20(14-19)30-17(2)31)13-12-18-6-4-11-25(26(18)29-16)32-15-22-23(27)9-5-10-24(22)28/h3-11,14,21H,12-13,15H2,1-2H3,(H,30,31). The van der Waals surface area contributed by atoms with Gasteiger partial charge in [0, 0.05) is 24.2 Å². The van der Waals surface area contributed by atoms with Crippen molar-refractivity contribution in [2.75, 3.05) is 5.32 Å². The summed E-state index contributed by atoms with van der Waals surface area (Å²) in [7, 11) is 0. The van der Waals surface area contributed by atoms with Crippen LogP contribution in [0, 0.1) is 11.6 Å². The first-order chi connectivity index (χ1) is 15.4. The van der Waals surface area contributed by atoms with E-state index in [2.05, 4.69) is 5.32 Å². The summed E-state index contributed by atoms with van der Waals surface area (Å²) < 4.78 is 33.8. The van der Waals surface area contributed by atoms with Crippen molar-refractivity contribution < 1.29 is 18.3 Å². The van der Waals surface area contributed by atoms with Gasteiger partial charge in [0.2, 0.25) is 5.91 Å². The minimum Gasteiger partial charge on any atom is -0.486 e. The van der Waals surface area contributed by atoms with Crippen LogP contribution in [-0.4, -0.2) is 11.6 Å². The molecular formula is C26H24F2N2O2. The number of amides is 1. The Morgan fingerprint density at radius 1 is 1.09 bits per heavy atom. The number of aliphatic imine (C=N–C) groups is 1. The van der Waals surface area contributed by atoms with E-state index in [9.17, 15) is 13.6 Å². The molecule has 1 amide bonds. The normalized spacial score (nSPS) is 15.4. The minimum atomic E-state index is -0.634. The van der Waals surface area contributed by atoms with Crippen LogP contribution >= 0.6 is 0 Å². The summed E-state index contributed by atoms with van der Waals surface area (Å²) in [4.78, 5) is 16.3. The van der Waals surface area contributed by atoms with E-state index in [-0.39, 0.29) is 24.0 Å². The van der Waals surface area contributed by atoms with Crippen LogP contribution in [0.5, 0.6) is 5.75 Å². The van der Waals surface area contributed by atoms with Crippen molar-refractivity contribution in [2.24, 2.45) is 4.99 Å². The zero-order valence-electron chi connectivity index (χ0n) is 18.0. The number of rotatable bonds is 5. The zero-order chi connectivity index (χ0) is 22.7. The summed E-state index contributed by atoms with van der Waals surface area (Å²) in [6, 6.07) is 17.2. The molecule has 0 saturated heterocycles. The Hall–Kier alpha value is -3.54. The van der Waals surface area contributed by atoms with Gasteiger partial charge in [-0.25, -0.2) is 8.78 Å². The van der Waals surface area contributed by atoms with Crippen molar-refractivity contribution in [2.45, 2.75) is 39.2 Å². The van der Waals surface area contributed by atoms with Crippen molar-refractivity contribution >= 4 is 23.0 Å². The predicted octanol–water partition coefficient (Wildman–Crippen LogP) is 6.32. The molecule has 1 aliphatic heterocycles. The molecule has 3 aromatic rings. The van der Waals surface area contributed by atoms with E-state index in [4.69, 9.17) is 9.73 Å². The lowest BCUT2D eigenvalue weighted by Gasteiger charge is -2.16. The third-order valence-corrected chi connectivity index (χ3v) is 5.62. The molecule has 6 heteroatoms. The fourth-order valence-electron chi connectivity index (χ4n) is 4.04. The lowest BCUT2D eigenvalue weighted by atomic mass is 9.89. The Balaban J connectivity index is 1.61. The molecule has 0 radical (unpaired) electrons. The van der Waals surface area contributed by atoms with Gasteiger partial charge in [0.15, 0.2) is 0 Å². The van der Waals surface area contributed by atoms with E-state index in [1.165, 1.54) is 25.1 Å². The molecule has 1 atom stereocenters. The van der Waals surface area contributed by atoms with Crippen LogP contribution in [0.3, 0.4) is 0 Å². The van der Waals surface area contributed by atoms with Gasteiger partial charge in [-0.2, -0.15) is 0 Å². The molecule has 0 saturated carbocycles. The van der Waals surface area contributed by atoms with Gasteiger partial charge in [-0.15, -0.1) is 0 Å². The minimum absolute atomic E-state index is 0.0768. The van der Waals surface area contributed by atoms with Crippen molar-refractivity contribution in [1.82, 2.24) is 0 Å². The first kappa shape index (κ1) is 21.7. The lowest BCUT2D eigenvalue weighted by Crippen LogP contribution is -2.11. The highest BCUT2D eigenvalue weighted by atomic mass is 19.1. The zero-order valence-corrected chi connectivity index (χ0v) is 18.0. The highest BCUT2D eigenvalue weighted by Crippen LogP contribution is 2.39. The number of hydrogen-bond acceptors (Lipinski definition) is 3. The summed E-state index contributed by atoms with van der Waals surface area (Å²) in [5, 5.41) is 2.82. The second kappa shape index (κ2) is 9.30. The third-order valence-electron chi connectivity index (χ3n) is 5.62. The van der Waals surface area contributed by atoms with Gasteiger partial charge >= 0.3 is 0 Å². The lowest BCUT2D eigenvalue weighted by molar-refractivity contribution is -0.114. The smallest absolute Gasteiger partial charge is 0.221 e. The number of fused-ring (bicyclic) bond motifs is 1. The van der Waals surface area contributed by atoms with E-state index >= 15 is 0 Å². The molecule has 0 aliphatic carbocycles. The van der Waals surface area contributed by atoms with Crippen LogP contribution in [0.1, 0.15) is 42.9 Å². The predicted molar refractivity (Wildman–Crippen MR) is 122 cm³/mol. The van der Waals surface area contributed by atoms with Gasteiger partial charge in [-0.05, 0) is 61.2 Å². The molecule has 164 valence electrons. The Kier molecular flexibility index (Phi) is 6.30. The third kappa shape index (κ3) is 4.69. The molecule has 32 heavy (non-hydrogen) atoms. The SMILES string of the molecule is CC(=O)Nc1cccc(C2CCc3cccc(OCc4c(F)cccc4F)c3N=C2C)c1. The van der Waals surface area contributed by atoms with E-state index in [1.54, 1.807) is 6.07 Å². The summed E-state index contributed by atoms with van der Waals surface area (Å²) >= 11 is 0. The molecule has 1 aliphatic rings. The topological polar surface area (TPSA) is 50.7 Å². The highest BCUT2D eigenvalue weighted by Gasteiger charge is 2.22. The Bertz CT molecular complexity index is 1170. The van der Waals surface area contributed by atoms with Crippen LogP contribution in [0.4, 0.5) is 20.2 Å². The monoisotopic (exact) mass is 434 g/mol. The Morgan fingerprint density at radius 2 is 1.81 bits per heavy atom. The number of carbonyl (C=O) groups is 1. The molecule has 0 aromatic heterocycles. The van der Waals surface area contributed by atoms with Crippen LogP contribution in [-0.2, 0) is 17.8 Å². The largest absolute Gasteiger partial charge is 0.486 e. The fourth-order valence-corrected chi connectivity index (χ4v) is 4.04. The van der Waals surface area contributed by atoms with E-state index in [0.717, 1.165) is 35.4 Å². The van der Waals surface area contributed by atoms with E-state index in [0.29, 0.717) is 11.4 Å². The second-order valence-electron chi connectivity index (χ2n) is 7.90. The second-order valence-corrected chi connectivity index (χ2v) is 7.90. The number of benzene rings is 3. The molecule has 1 N–H and O–H groups in total. The molecule has 0 spiro atoms. The summed E-state index contributed by atoms with van der Waals surface area (Å²) in [5.74, 6) is -0.810. The van der Waals surface area contributed by atoms with Crippen LogP contribution in [0.25, 0.3) is 0 Å². The maximum atomic E-state index is 14.0. The first-order valence-electron chi connectivity index (χ1n) is 10.5. The summed E-state index contributed by atoms with van der Waals surface area (Å²) in [5.41, 5.74) is 4.35.